The van der Waals surface area contributed by atoms with Crippen LogP contribution in [0.2, 0.25) is 0 Å². The minimum atomic E-state index is -3.43. The first-order valence-corrected chi connectivity index (χ1v) is 10.5. The topological polar surface area (TPSA) is 132 Å². The number of ether oxygens (including phenoxy) is 1. The standard InChI is InChI=1S/C17H19N3O5S2/c1-27(22,23)24-10-11-26-15-8-6-14(7-9-15)25-16(21)12-2-4-13(5-3-12)20-17(18)19/h2-9H,10-11H2,1H3,(H4,18,19,20). The van der Waals surface area contributed by atoms with Crippen molar-refractivity contribution in [2.75, 3.05) is 23.9 Å². The molecule has 0 radical (unpaired) electrons. The molecule has 0 spiro atoms. The Morgan fingerprint density at radius 3 is 2.33 bits per heavy atom. The molecule has 0 heterocycles. The van der Waals surface area contributed by atoms with E-state index in [0.29, 0.717) is 22.8 Å². The Balaban J connectivity index is 1.86. The molecule has 27 heavy (non-hydrogen) atoms. The van der Waals surface area contributed by atoms with Gasteiger partial charge in [0.2, 0.25) is 0 Å². The summed E-state index contributed by atoms with van der Waals surface area (Å²) in [7, 11) is -3.43. The van der Waals surface area contributed by atoms with Crippen LogP contribution in [0.4, 0.5) is 5.69 Å². The van der Waals surface area contributed by atoms with Crippen LogP contribution in [0.1, 0.15) is 10.4 Å². The number of guanidine groups is 1. The minimum absolute atomic E-state index is 0.0920. The van der Waals surface area contributed by atoms with Gasteiger partial charge in [0, 0.05) is 16.3 Å². The van der Waals surface area contributed by atoms with E-state index < -0.39 is 16.1 Å². The van der Waals surface area contributed by atoms with Crippen LogP contribution in [0.3, 0.4) is 0 Å². The van der Waals surface area contributed by atoms with Crippen molar-refractivity contribution in [2.45, 2.75) is 4.90 Å². The summed E-state index contributed by atoms with van der Waals surface area (Å²) in [5.74, 6) is 0.174. The maximum atomic E-state index is 12.1. The third-order valence-corrected chi connectivity index (χ3v) is 4.65. The molecule has 2 aromatic carbocycles. The number of esters is 1. The number of hydrogen-bond donors (Lipinski definition) is 3. The van der Waals surface area contributed by atoms with Crippen molar-refractivity contribution in [3.63, 3.8) is 0 Å². The van der Waals surface area contributed by atoms with Crippen molar-refractivity contribution >= 4 is 39.5 Å². The highest BCUT2D eigenvalue weighted by atomic mass is 32.2. The molecule has 0 aliphatic rings. The predicted octanol–water partition coefficient (Wildman–Crippen LogP) is 2.28. The van der Waals surface area contributed by atoms with Gasteiger partial charge in [-0.1, -0.05) is 0 Å². The van der Waals surface area contributed by atoms with Gasteiger partial charge in [-0.25, -0.2) is 4.79 Å². The first-order valence-electron chi connectivity index (χ1n) is 7.73. The summed E-state index contributed by atoms with van der Waals surface area (Å²) < 4.78 is 31.7. The van der Waals surface area contributed by atoms with E-state index in [4.69, 9.17) is 15.9 Å². The molecule has 10 heteroatoms. The van der Waals surface area contributed by atoms with Crippen LogP contribution in [0, 0.1) is 5.41 Å². The van der Waals surface area contributed by atoms with Crippen LogP contribution in [0.5, 0.6) is 5.75 Å². The number of anilines is 1. The van der Waals surface area contributed by atoms with Crippen LogP contribution < -0.4 is 15.8 Å². The molecule has 0 amide bonds. The highest BCUT2D eigenvalue weighted by Gasteiger charge is 2.09. The van der Waals surface area contributed by atoms with Gasteiger partial charge in [0.05, 0.1) is 18.4 Å². The number of carbonyl (C=O) groups is 1. The zero-order valence-corrected chi connectivity index (χ0v) is 16.1. The second-order valence-electron chi connectivity index (χ2n) is 5.35. The van der Waals surface area contributed by atoms with Gasteiger partial charge in [-0.3, -0.25) is 9.59 Å². The van der Waals surface area contributed by atoms with Crippen molar-refractivity contribution in [3.05, 3.63) is 54.1 Å². The Morgan fingerprint density at radius 2 is 1.78 bits per heavy atom. The average Bonchev–Trinajstić information content (AvgIpc) is 2.59. The summed E-state index contributed by atoms with van der Waals surface area (Å²) in [6, 6.07) is 13.2. The summed E-state index contributed by atoms with van der Waals surface area (Å²) in [5, 5.41) is 9.78. The fourth-order valence-corrected chi connectivity index (χ4v) is 3.18. The van der Waals surface area contributed by atoms with E-state index in [0.717, 1.165) is 11.2 Å². The van der Waals surface area contributed by atoms with Crippen LogP contribution in [-0.4, -0.2) is 39.0 Å². The summed E-state index contributed by atoms with van der Waals surface area (Å²) in [5.41, 5.74) is 6.20. The molecule has 0 saturated heterocycles. The second-order valence-corrected chi connectivity index (χ2v) is 8.16. The largest absolute Gasteiger partial charge is 0.423 e. The van der Waals surface area contributed by atoms with Gasteiger partial charge in [0.1, 0.15) is 5.75 Å². The fourth-order valence-electron chi connectivity index (χ4n) is 1.96. The van der Waals surface area contributed by atoms with Crippen molar-refractivity contribution in [3.8, 4) is 5.75 Å². The third kappa shape index (κ3) is 7.69. The zero-order chi connectivity index (χ0) is 19.9. The third-order valence-electron chi connectivity index (χ3n) is 3.08. The van der Waals surface area contributed by atoms with E-state index in [9.17, 15) is 13.2 Å². The van der Waals surface area contributed by atoms with Gasteiger partial charge < -0.3 is 15.8 Å². The monoisotopic (exact) mass is 409 g/mol. The van der Waals surface area contributed by atoms with Gasteiger partial charge in [0.25, 0.3) is 10.1 Å². The molecule has 0 atom stereocenters. The van der Waals surface area contributed by atoms with Crippen LogP contribution in [0.15, 0.2) is 53.4 Å². The van der Waals surface area contributed by atoms with E-state index in [1.54, 1.807) is 48.5 Å². The van der Waals surface area contributed by atoms with E-state index in [2.05, 4.69) is 9.50 Å². The molecular formula is C17H19N3O5S2. The van der Waals surface area contributed by atoms with E-state index in [1.165, 1.54) is 11.8 Å². The number of carbonyl (C=O) groups excluding carboxylic acids is 1. The fraction of sp³-hybridized carbons (Fsp3) is 0.176. The molecule has 0 aliphatic heterocycles. The lowest BCUT2D eigenvalue weighted by molar-refractivity contribution is 0.0734. The van der Waals surface area contributed by atoms with Gasteiger partial charge in [-0.15, -0.1) is 11.8 Å². The summed E-state index contributed by atoms with van der Waals surface area (Å²) in [4.78, 5) is 13.0. The Bertz CT molecular complexity index is 897. The first-order chi connectivity index (χ1) is 12.7. The molecule has 2 rings (SSSR count). The number of benzene rings is 2. The summed E-state index contributed by atoms with van der Waals surface area (Å²) >= 11 is 1.43. The Hall–Kier alpha value is -2.56. The normalized spacial score (nSPS) is 11.0. The smallest absolute Gasteiger partial charge is 0.343 e. The quantitative estimate of drug-likeness (QED) is 0.115. The predicted molar refractivity (Wildman–Crippen MR) is 105 cm³/mol. The highest BCUT2D eigenvalue weighted by molar-refractivity contribution is 7.99. The SMILES string of the molecule is CS(=O)(=O)OCCSc1ccc(OC(=O)c2ccc(NC(=N)N)cc2)cc1. The molecule has 2 aromatic rings. The summed E-state index contributed by atoms with van der Waals surface area (Å²) in [6.45, 7) is 0.0920. The molecule has 0 fully saturated rings. The molecule has 8 nitrogen and oxygen atoms in total. The average molecular weight is 409 g/mol. The molecular weight excluding hydrogens is 390 g/mol. The number of hydrogen-bond acceptors (Lipinski definition) is 7. The lowest BCUT2D eigenvalue weighted by atomic mass is 10.2. The zero-order valence-electron chi connectivity index (χ0n) is 14.5. The van der Waals surface area contributed by atoms with Crippen LogP contribution >= 0.6 is 11.8 Å². The Kier molecular flexibility index (Phi) is 7.22. The number of nitrogens with one attached hydrogen (secondary N) is 2. The maximum Gasteiger partial charge on any atom is 0.343 e. The molecule has 0 bridgehead atoms. The molecule has 4 N–H and O–H groups in total. The van der Waals surface area contributed by atoms with E-state index in [1.807, 2.05) is 0 Å². The number of rotatable bonds is 8. The Labute approximate surface area is 161 Å². The number of nitrogens with two attached hydrogens (primary N) is 1. The van der Waals surface area contributed by atoms with Crippen molar-refractivity contribution in [1.82, 2.24) is 0 Å². The van der Waals surface area contributed by atoms with Crippen LogP contribution in [0.25, 0.3) is 0 Å². The van der Waals surface area contributed by atoms with Gasteiger partial charge in [-0.2, -0.15) is 8.42 Å². The molecule has 0 aromatic heterocycles. The molecule has 0 saturated carbocycles. The first kappa shape index (κ1) is 20.7. The molecule has 0 aliphatic carbocycles. The lowest BCUT2D eigenvalue weighted by Crippen LogP contribution is -2.20. The van der Waals surface area contributed by atoms with Gasteiger partial charge >= 0.3 is 5.97 Å². The summed E-state index contributed by atoms with van der Waals surface area (Å²) in [6.07, 6.45) is 1.01. The maximum absolute atomic E-state index is 12.1. The lowest BCUT2D eigenvalue weighted by Gasteiger charge is -2.07. The molecule has 144 valence electrons. The Morgan fingerprint density at radius 1 is 1.15 bits per heavy atom. The highest BCUT2D eigenvalue weighted by Crippen LogP contribution is 2.22. The van der Waals surface area contributed by atoms with Crippen LogP contribution in [-0.2, 0) is 14.3 Å². The van der Waals surface area contributed by atoms with Crippen molar-refractivity contribution in [1.29, 1.82) is 5.41 Å². The van der Waals surface area contributed by atoms with E-state index >= 15 is 0 Å². The van der Waals surface area contributed by atoms with Crippen molar-refractivity contribution < 1.29 is 22.1 Å². The number of thioether (sulfide) groups is 1. The minimum Gasteiger partial charge on any atom is -0.423 e. The van der Waals surface area contributed by atoms with Crippen molar-refractivity contribution in [2.24, 2.45) is 5.73 Å². The van der Waals surface area contributed by atoms with Gasteiger partial charge in [0.15, 0.2) is 5.96 Å². The van der Waals surface area contributed by atoms with E-state index in [-0.39, 0.29) is 12.6 Å². The second kappa shape index (κ2) is 9.40. The molecule has 0 unspecified atom stereocenters. The van der Waals surface area contributed by atoms with Gasteiger partial charge in [-0.05, 0) is 48.5 Å².